The van der Waals surface area contributed by atoms with Crippen molar-refractivity contribution in [2.75, 3.05) is 23.0 Å². The van der Waals surface area contributed by atoms with Crippen molar-refractivity contribution in [2.45, 2.75) is 18.9 Å². The van der Waals surface area contributed by atoms with Crippen molar-refractivity contribution in [1.29, 1.82) is 0 Å². The molecule has 1 N–H and O–H groups in total. The number of fused-ring (bicyclic) bond motifs is 1. The van der Waals surface area contributed by atoms with Gasteiger partial charge in [0.1, 0.15) is 6.04 Å². The number of para-hydroxylation sites is 1. The molecule has 2 heterocycles. The van der Waals surface area contributed by atoms with Crippen molar-refractivity contribution < 1.29 is 18.3 Å². The van der Waals surface area contributed by atoms with Crippen LogP contribution in [0.15, 0.2) is 24.3 Å². The van der Waals surface area contributed by atoms with Gasteiger partial charge in [0, 0.05) is 18.2 Å². The van der Waals surface area contributed by atoms with Crippen LogP contribution in [-0.4, -0.2) is 43.6 Å². The van der Waals surface area contributed by atoms with E-state index in [4.69, 9.17) is 0 Å². The van der Waals surface area contributed by atoms with Crippen LogP contribution in [-0.2, 0) is 21.1 Å². The molecule has 0 spiro atoms. The first-order chi connectivity index (χ1) is 9.48. The zero-order chi connectivity index (χ0) is 14.3. The van der Waals surface area contributed by atoms with Crippen molar-refractivity contribution in [3.63, 3.8) is 0 Å². The smallest absolute Gasteiger partial charge is 0.326 e. The van der Waals surface area contributed by atoms with Crippen LogP contribution < -0.4 is 4.90 Å². The highest BCUT2D eigenvalue weighted by Crippen LogP contribution is 2.34. The van der Waals surface area contributed by atoms with E-state index in [1.807, 2.05) is 29.2 Å². The van der Waals surface area contributed by atoms with Gasteiger partial charge in [-0.1, -0.05) is 18.2 Å². The lowest BCUT2D eigenvalue weighted by Crippen LogP contribution is -2.46. The van der Waals surface area contributed by atoms with Gasteiger partial charge in [0.25, 0.3) is 0 Å². The third kappa shape index (κ3) is 2.28. The normalized spacial score (nSPS) is 25.4. The molecule has 2 aliphatic rings. The second kappa shape index (κ2) is 4.77. The van der Waals surface area contributed by atoms with Crippen LogP contribution >= 0.6 is 0 Å². The molecule has 1 aromatic carbocycles. The monoisotopic (exact) mass is 295 g/mol. The Labute approximate surface area is 118 Å². The van der Waals surface area contributed by atoms with Gasteiger partial charge in [0.2, 0.25) is 0 Å². The summed E-state index contributed by atoms with van der Waals surface area (Å²) in [6, 6.07) is 7.01. The Balaban J connectivity index is 1.92. The molecular weight excluding hydrogens is 278 g/mol. The molecular formula is C14H17NO4S. The molecule has 2 unspecified atom stereocenters. The fraction of sp³-hybridized carbons (Fsp3) is 0.500. The molecule has 0 aliphatic carbocycles. The first kappa shape index (κ1) is 13.4. The summed E-state index contributed by atoms with van der Waals surface area (Å²) in [6.45, 7) is 0.646. The first-order valence-electron chi connectivity index (χ1n) is 6.76. The van der Waals surface area contributed by atoms with Crippen molar-refractivity contribution in [2.24, 2.45) is 5.92 Å². The summed E-state index contributed by atoms with van der Waals surface area (Å²) in [5, 5.41) is 9.55. The van der Waals surface area contributed by atoms with E-state index in [0.29, 0.717) is 13.0 Å². The van der Waals surface area contributed by atoms with Crippen LogP contribution in [0.3, 0.4) is 0 Å². The molecule has 5 nitrogen and oxygen atoms in total. The minimum atomic E-state index is -3.07. The van der Waals surface area contributed by atoms with Crippen LogP contribution in [0.1, 0.15) is 12.0 Å². The number of anilines is 1. The van der Waals surface area contributed by atoms with E-state index >= 15 is 0 Å². The third-order valence-electron chi connectivity index (χ3n) is 4.23. The zero-order valence-corrected chi connectivity index (χ0v) is 11.8. The highest BCUT2D eigenvalue weighted by molar-refractivity contribution is 7.91. The minimum absolute atomic E-state index is 0.0113. The van der Waals surface area contributed by atoms with Crippen molar-refractivity contribution in [3.05, 3.63) is 29.8 Å². The summed E-state index contributed by atoms with van der Waals surface area (Å²) in [6.07, 6.45) is 1.26. The average Bonchev–Trinajstić information content (AvgIpc) is 2.94. The maximum Gasteiger partial charge on any atom is 0.326 e. The van der Waals surface area contributed by atoms with Gasteiger partial charge >= 0.3 is 5.97 Å². The number of carboxylic acid groups (broad SMARTS) is 1. The zero-order valence-electron chi connectivity index (χ0n) is 11.0. The van der Waals surface area contributed by atoms with E-state index in [9.17, 15) is 18.3 Å². The highest BCUT2D eigenvalue weighted by atomic mass is 32.2. The van der Waals surface area contributed by atoms with E-state index < -0.39 is 21.8 Å². The maximum atomic E-state index is 11.7. The molecule has 6 heteroatoms. The predicted octanol–water partition coefficient (Wildman–Crippen LogP) is 0.937. The summed E-state index contributed by atoms with van der Waals surface area (Å²) in [5.41, 5.74) is 2.07. The predicted molar refractivity (Wildman–Crippen MR) is 75.7 cm³/mol. The summed E-state index contributed by atoms with van der Waals surface area (Å²) in [4.78, 5) is 13.5. The van der Waals surface area contributed by atoms with Gasteiger partial charge < -0.3 is 10.0 Å². The van der Waals surface area contributed by atoms with E-state index in [-0.39, 0.29) is 17.4 Å². The number of rotatable bonds is 3. The molecule has 0 saturated carbocycles. The molecule has 3 rings (SSSR count). The minimum Gasteiger partial charge on any atom is -0.480 e. The fourth-order valence-electron chi connectivity index (χ4n) is 3.31. The molecule has 0 radical (unpaired) electrons. The molecule has 108 valence electrons. The number of sulfone groups is 1. The number of hydrogen-bond donors (Lipinski definition) is 1. The number of nitrogens with zero attached hydrogens (tertiary/aromatic N) is 1. The largest absolute Gasteiger partial charge is 0.480 e. The third-order valence-corrected chi connectivity index (χ3v) is 6.02. The lowest BCUT2D eigenvalue weighted by Gasteiger charge is -2.30. The van der Waals surface area contributed by atoms with Gasteiger partial charge in [-0.05, 0) is 24.5 Å². The Hall–Kier alpha value is -1.56. The number of aliphatic carboxylic acids is 1. The molecule has 2 atom stereocenters. The van der Waals surface area contributed by atoms with Gasteiger partial charge in [-0.15, -0.1) is 0 Å². The van der Waals surface area contributed by atoms with Gasteiger partial charge in [-0.25, -0.2) is 13.2 Å². The Morgan fingerprint density at radius 3 is 2.75 bits per heavy atom. The topological polar surface area (TPSA) is 74.7 Å². The molecule has 0 bridgehead atoms. The van der Waals surface area contributed by atoms with E-state index in [1.165, 1.54) is 0 Å². The van der Waals surface area contributed by atoms with Crippen molar-refractivity contribution in [3.8, 4) is 0 Å². The first-order valence-corrected chi connectivity index (χ1v) is 8.58. The van der Waals surface area contributed by atoms with E-state index in [1.54, 1.807) is 0 Å². The summed E-state index contributed by atoms with van der Waals surface area (Å²) in [5.74, 6) is -1.15. The molecule has 1 aromatic rings. The second-order valence-electron chi connectivity index (χ2n) is 5.52. The number of hydrogen-bond acceptors (Lipinski definition) is 4. The fourth-order valence-corrected chi connectivity index (χ4v) is 5.14. The number of carbonyl (C=O) groups is 1. The SMILES string of the molecule is O=C(O)C(C1CCS(=O)(=O)C1)N1CCc2ccccc21. The second-order valence-corrected chi connectivity index (χ2v) is 7.75. The standard InChI is InChI=1S/C14H17NO4S/c16-14(17)13(11-6-8-20(18,19)9-11)15-7-5-10-3-1-2-4-12(10)15/h1-4,11,13H,5-9H2,(H,16,17). The highest BCUT2D eigenvalue weighted by Gasteiger charge is 2.42. The van der Waals surface area contributed by atoms with Crippen LogP contribution in [0, 0.1) is 5.92 Å². The van der Waals surface area contributed by atoms with Crippen molar-refractivity contribution >= 4 is 21.5 Å². The Bertz CT molecular complexity index is 640. The molecule has 20 heavy (non-hydrogen) atoms. The van der Waals surface area contributed by atoms with E-state index in [0.717, 1.165) is 17.7 Å². The number of carboxylic acids is 1. The number of benzene rings is 1. The lowest BCUT2D eigenvalue weighted by molar-refractivity contribution is -0.139. The maximum absolute atomic E-state index is 11.7. The van der Waals surface area contributed by atoms with Crippen LogP contribution in [0.4, 0.5) is 5.69 Å². The molecule has 1 saturated heterocycles. The van der Waals surface area contributed by atoms with Crippen LogP contribution in [0.5, 0.6) is 0 Å². The molecule has 1 fully saturated rings. The molecule has 0 aromatic heterocycles. The van der Waals surface area contributed by atoms with Gasteiger partial charge in [0.05, 0.1) is 11.5 Å². The Kier molecular flexibility index (Phi) is 3.20. The Morgan fingerprint density at radius 1 is 1.35 bits per heavy atom. The van der Waals surface area contributed by atoms with Gasteiger partial charge in [0.15, 0.2) is 9.84 Å². The van der Waals surface area contributed by atoms with Crippen LogP contribution in [0.25, 0.3) is 0 Å². The van der Waals surface area contributed by atoms with E-state index in [2.05, 4.69) is 0 Å². The summed E-state index contributed by atoms with van der Waals surface area (Å²) in [7, 11) is -3.07. The Morgan fingerprint density at radius 2 is 2.10 bits per heavy atom. The molecule has 2 aliphatic heterocycles. The average molecular weight is 295 g/mol. The lowest BCUT2D eigenvalue weighted by atomic mass is 9.97. The van der Waals surface area contributed by atoms with Crippen molar-refractivity contribution in [1.82, 2.24) is 0 Å². The summed E-state index contributed by atoms with van der Waals surface area (Å²) < 4.78 is 23.2. The summed E-state index contributed by atoms with van der Waals surface area (Å²) >= 11 is 0. The molecule has 0 amide bonds. The van der Waals surface area contributed by atoms with Gasteiger partial charge in [-0.2, -0.15) is 0 Å². The quantitative estimate of drug-likeness (QED) is 0.898. The van der Waals surface area contributed by atoms with Crippen LogP contribution in [0.2, 0.25) is 0 Å². The van der Waals surface area contributed by atoms with Gasteiger partial charge in [-0.3, -0.25) is 0 Å².